The first-order valence-corrected chi connectivity index (χ1v) is 5.82. The van der Waals surface area contributed by atoms with E-state index >= 15 is 0 Å². The molecule has 0 aliphatic heterocycles. The van der Waals surface area contributed by atoms with E-state index in [1.165, 1.54) is 4.57 Å². The molecule has 16 heavy (non-hydrogen) atoms. The summed E-state index contributed by atoms with van der Waals surface area (Å²) in [5.41, 5.74) is 0.616. The van der Waals surface area contributed by atoms with Gasteiger partial charge in [0.1, 0.15) is 0 Å². The van der Waals surface area contributed by atoms with Crippen molar-refractivity contribution >= 4 is 0 Å². The van der Waals surface area contributed by atoms with Crippen molar-refractivity contribution in [2.24, 2.45) is 7.05 Å². The molecule has 4 nitrogen and oxygen atoms in total. The minimum absolute atomic E-state index is 0.276. The van der Waals surface area contributed by atoms with E-state index in [0.29, 0.717) is 12.5 Å². The van der Waals surface area contributed by atoms with E-state index in [1.54, 1.807) is 13.2 Å². The second kappa shape index (κ2) is 7.91. The first-order chi connectivity index (χ1) is 7.65. The van der Waals surface area contributed by atoms with Gasteiger partial charge in [-0.15, -0.1) is 0 Å². The lowest BCUT2D eigenvalue weighted by Gasteiger charge is -2.07. The van der Waals surface area contributed by atoms with Crippen LogP contribution in [-0.4, -0.2) is 16.2 Å². The Morgan fingerprint density at radius 3 is 2.62 bits per heavy atom. The highest BCUT2D eigenvalue weighted by atomic mass is 16.5. The van der Waals surface area contributed by atoms with Crippen molar-refractivity contribution in [1.29, 1.82) is 0 Å². The summed E-state index contributed by atoms with van der Waals surface area (Å²) in [6.07, 6.45) is 3.79. The third-order valence-electron chi connectivity index (χ3n) is 1.96. The molecule has 1 heterocycles. The molecule has 0 aromatic carbocycles. The maximum atomic E-state index is 11.2. The fourth-order valence-electron chi connectivity index (χ4n) is 1.11. The van der Waals surface area contributed by atoms with E-state index in [0.717, 1.165) is 18.4 Å². The molecular weight excluding hydrogens is 204 g/mol. The minimum atomic E-state index is -0.276. The van der Waals surface area contributed by atoms with Crippen molar-refractivity contribution in [3.05, 3.63) is 22.2 Å². The number of hydrogen-bond acceptors (Lipinski definition) is 3. The summed E-state index contributed by atoms with van der Waals surface area (Å²) >= 11 is 0. The maximum Gasteiger partial charge on any atom is 0.350 e. The Hall–Kier alpha value is -1.32. The van der Waals surface area contributed by atoms with Crippen molar-refractivity contribution in [1.82, 2.24) is 9.55 Å². The molecule has 0 atom stereocenters. The van der Waals surface area contributed by atoms with Crippen molar-refractivity contribution in [2.45, 2.75) is 40.5 Å². The number of rotatable bonds is 4. The number of unbranched alkanes of at least 4 members (excludes halogenated alkanes) is 1. The second-order valence-electron chi connectivity index (χ2n) is 3.32. The summed E-state index contributed by atoms with van der Waals surface area (Å²) in [6, 6.07) is 0. The Morgan fingerprint density at radius 2 is 2.06 bits per heavy atom. The van der Waals surface area contributed by atoms with Gasteiger partial charge in [-0.2, -0.15) is 4.98 Å². The molecule has 0 amide bonds. The van der Waals surface area contributed by atoms with Crippen LogP contribution in [0.2, 0.25) is 0 Å². The van der Waals surface area contributed by atoms with Crippen LogP contribution in [-0.2, 0) is 7.05 Å². The van der Waals surface area contributed by atoms with Crippen molar-refractivity contribution in [3.8, 4) is 5.88 Å². The average molecular weight is 226 g/mol. The summed E-state index contributed by atoms with van der Waals surface area (Å²) in [5, 5.41) is 0. The van der Waals surface area contributed by atoms with Gasteiger partial charge in [0.25, 0.3) is 0 Å². The highest BCUT2D eigenvalue weighted by molar-refractivity contribution is 5.20. The highest BCUT2D eigenvalue weighted by Gasteiger charge is 2.03. The summed E-state index contributed by atoms with van der Waals surface area (Å²) in [7, 11) is 1.68. The Labute approximate surface area is 97.3 Å². The number of hydrogen-bond donors (Lipinski definition) is 0. The third-order valence-corrected chi connectivity index (χ3v) is 1.96. The van der Waals surface area contributed by atoms with Gasteiger partial charge in [-0.3, -0.25) is 0 Å². The topological polar surface area (TPSA) is 44.1 Å². The zero-order valence-electron chi connectivity index (χ0n) is 10.9. The van der Waals surface area contributed by atoms with Gasteiger partial charge >= 0.3 is 5.69 Å². The number of ether oxygens (including phenoxy) is 1. The van der Waals surface area contributed by atoms with Gasteiger partial charge < -0.3 is 9.30 Å². The van der Waals surface area contributed by atoms with E-state index in [2.05, 4.69) is 11.9 Å². The molecule has 0 fully saturated rings. The normalized spacial score (nSPS) is 9.31. The molecule has 92 valence electrons. The molecule has 1 rings (SSSR count). The van der Waals surface area contributed by atoms with Crippen molar-refractivity contribution < 1.29 is 4.74 Å². The molecule has 0 radical (unpaired) electrons. The SMILES string of the molecule is CC.CCCCOc1nc(=O)n(C)cc1C. The highest BCUT2D eigenvalue weighted by Crippen LogP contribution is 2.10. The molecule has 1 aromatic heterocycles. The monoisotopic (exact) mass is 226 g/mol. The molecule has 0 N–H and O–H groups in total. The first kappa shape index (κ1) is 14.7. The van der Waals surface area contributed by atoms with Gasteiger partial charge in [0.2, 0.25) is 5.88 Å². The van der Waals surface area contributed by atoms with E-state index < -0.39 is 0 Å². The molecule has 0 bridgehead atoms. The number of aromatic nitrogens is 2. The first-order valence-electron chi connectivity index (χ1n) is 5.82. The van der Waals surface area contributed by atoms with Crippen LogP contribution in [0.3, 0.4) is 0 Å². The van der Waals surface area contributed by atoms with E-state index in [1.807, 2.05) is 20.8 Å². The standard InChI is InChI=1S/C10H16N2O2.C2H6/c1-4-5-6-14-9-8(2)7-12(3)10(13)11-9;1-2/h7H,4-6H2,1-3H3;1-2H3. The summed E-state index contributed by atoms with van der Waals surface area (Å²) in [6.45, 7) is 8.60. The maximum absolute atomic E-state index is 11.2. The average Bonchev–Trinajstić information content (AvgIpc) is 2.28. The lowest BCUT2D eigenvalue weighted by Crippen LogP contribution is -2.21. The quantitative estimate of drug-likeness (QED) is 0.740. The number of nitrogens with zero attached hydrogens (tertiary/aromatic N) is 2. The molecule has 0 saturated carbocycles. The lowest BCUT2D eigenvalue weighted by molar-refractivity contribution is 0.293. The van der Waals surface area contributed by atoms with E-state index in [4.69, 9.17) is 4.74 Å². The predicted octanol–water partition coefficient (Wildman–Crippen LogP) is 2.29. The van der Waals surface area contributed by atoms with Gasteiger partial charge in [0.05, 0.1) is 6.61 Å². The van der Waals surface area contributed by atoms with Crippen molar-refractivity contribution in [2.75, 3.05) is 6.61 Å². The lowest BCUT2D eigenvalue weighted by atomic mass is 10.3. The van der Waals surface area contributed by atoms with Crippen LogP contribution in [0, 0.1) is 6.92 Å². The van der Waals surface area contributed by atoms with Gasteiger partial charge in [0, 0.05) is 18.8 Å². The van der Waals surface area contributed by atoms with Gasteiger partial charge in [0.15, 0.2) is 0 Å². The van der Waals surface area contributed by atoms with Crippen LogP contribution >= 0.6 is 0 Å². The van der Waals surface area contributed by atoms with E-state index in [9.17, 15) is 4.79 Å². The van der Waals surface area contributed by atoms with E-state index in [-0.39, 0.29) is 5.69 Å². The Balaban J connectivity index is 0.00000106. The zero-order valence-corrected chi connectivity index (χ0v) is 10.9. The van der Waals surface area contributed by atoms with Gasteiger partial charge in [-0.05, 0) is 13.3 Å². The smallest absolute Gasteiger partial charge is 0.350 e. The molecule has 0 unspecified atom stereocenters. The molecule has 0 spiro atoms. The third kappa shape index (κ3) is 4.47. The molecule has 0 aliphatic carbocycles. The van der Waals surface area contributed by atoms with Crippen LogP contribution in [0.4, 0.5) is 0 Å². The van der Waals surface area contributed by atoms with Crippen LogP contribution in [0.25, 0.3) is 0 Å². The zero-order chi connectivity index (χ0) is 12.6. The summed E-state index contributed by atoms with van der Waals surface area (Å²) in [4.78, 5) is 15.0. The second-order valence-corrected chi connectivity index (χ2v) is 3.32. The van der Waals surface area contributed by atoms with Crippen LogP contribution in [0.5, 0.6) is 5.88 Å². The Kier molecular flexibility index (Phi) is 7.25. The molecule has 1 aromatic rings. The summed E-state index contributed by atoms with van der Waals surface area (Å²) in [5.74, 6) is 0.460. The molecule has 4 heteroatoms. The fourth-order valence-corrected chi connectivity index (χ4v) is 1.11. The predicted molar refractivity (Wildman–Crippen MR) is 66.0 cm³/mol. The van der Waals surface area contributed by atoms with Crippen LogP contribution in [0.15, 0.2) is 11.0 Å². The molecule has 0 saturated heterocycles. The summed E-state index contributed by atoms with van der Waals surface area (Å²) < 4.78 is 6.84. The minimum Gasteiger partial charge on any atom is -0.477 e. The van der Waals surface area contributed by atoms with Gasteiger partial charge in [-0.25, -0.2) is 4.79 Å². The van der Waals surface area contributed by atoms with Crippen molar-refractivity contribution in [3.63, 3.8) is 0 Å². The molecular formula is C12H22N2O2. The van der Waals surface area contributed by atoms with Gasteiger partial charge in [-0.1, -0.05) is 27.2 Å². The largest absolute Gasteiger partial charge is 0.477 e. The number of aryl methyl sites for hydroxylation is 2. The molecule has 0 aliphatic rings. The fraction of sp³-hybridized carbons (Fsp3) is 0.667. The van der Waals surface area contributed by atoms with Crippen LogP contribution in [0.1, 0.15) is 39.2 Å². The Bertz CT molecular complexity index is 359. The van der Waals surface area contributed by atoms with Crippen LogP contribution < -0.4 is 10.4 Å². The Morgan fingerprint density at radius 1 is 1.44 bits per heavy atom.